The number of hydrogen-bond donors (Lipinski definition) is 0. The molecule has 0 aliphatic carbocycles. The molecule has 0 saturated carbocycles. The third-order valence-corrected chi connectivity index (χ3v) is 4.57. The van der Waals surface area contributed by atoms with Gasteiger partial charge in [0.15, 0.2) is 11.0 Å². The van der Waals surface area contributed by atoms with Crippen LogP contribution in [-0.4, -0.2) is 14.1 Å². The number of fused-ring (bicyclic) bond motifs is 7. The van der Waals surface area contributed by atoms with Crippen LogP contribution in [0.4, 0.5) is 0 Å². The Morgan fingerprint density at radius 3 is 2.77 bits per heavy atom. The van der Waals surface area contributed by atoms with Gasteiger partial charge in [-0.1, -0.05) is 18.2 Å². The van der Waals surface area contributed by atoms with Crippen LogP contribution in [0.2, 0.25) is 0 Å². The molecule has 22 heavy (non-hydrogen) atoms. The zero-order valence-corrected chi connectivity index (χ0v) is 12.2. The highest BCUT2D eigenvalue weighted by Gasteiger charge is 2.32. The van der Waals surface area contributed by atoms with Gasteiger partial charge in [-0.2, -0.15) is 0 Å². The van der Waals surface area contributed by atoms with Crippen molar-refractivity contribution in [3.05, 3.63) is 42.5 Å². The summed E-state index contributed by atoms with van der Waals surface area (Å²) in [5, 5.41) is 11.7. The van der Waals surface area contributed by atoms with Crippen LogP contribution in [0.25, 0.3) is 33.7 Å². The Morgan fingerprint density at radius 1 is 1.05 bits per heavy atom. The Kier molecular flexibility index (Phi) is 2.08. The summed E-state index contributed by atoms with van der Waals surface area (Å²) in [6, 6.07) is 13.5. The van der Waals surface area contributed by atoms with Gasteiger partial charge in [-0.05, 0) is 24.3 Å². The monoisotopic (exact) mass is 290 g/mol. The molecule has 1 aliphatic heterocycles. The SMILES string of the molecule is C[n+]1c2n(c3cc([O-])ccc31)CCn1c-2nc2ccccc21. The number of imidazole rings is 2. The van der Waals surface area contributed by atoms with Gasteiger partial charge in [0.05, 0.1) is 24.6 Å². The number of nitrogens with zero attached hydrogens (tertiary/aromatic N) is 4. The maximum Gasteiger partial charge on any atom is 0.326 e. The molecule has 0 bridgehead atoms. The molecule has 5 heteroatoms. The predicted molar refractivity (Wildman–Crippen MR) is 81.3 cm³/mol. The maximum absolute atomic E-state index is 11.7. The second-order valence-electron chi connectivity index (χ2n) is 5.76. The third-order valence-electron chi connectivity index (χ3n) is 4.57. The first-order chi connectivity index (χ1) is 10.7. The normalized spacial score (nSPS) is 13.5. The van der Waals surface area contributed by atoms with Crippen molar-refractivity contribution in [1.29, 1.82) is 0 Å². The molecule has 2 aromatic carbocycles. The molecule has 0 fully saturated rings. The van der Waals surface area contributed by atoms with Gasteiger partial charge in [-0.3, -0.25) is 0 Å². The molecule has 5 rings (SSSR count). The van der Waals surface area contributed by atoms with Gasteiger partial charge in [0.1, 0.15) is 6.54 Å². The van der Waals surface area contributed by atoms with Gasteiger partial charge in [0.25, 0.3) is 0 Å². The number of rotatable bonds is 0. The van der Waals surface area contributed by atoms with E-state index in [-0.39, 0.29) is 5.75 Å². The summed E-state index contributed by atoms with van der Waals surface area (Å²) in [5.74, 6) is 2.08. The van der Waals surface area contributed by atoms with E-state index in [0.29, 0.717) is 0 Å². The molecular formula is C17H14N4O. The molecule has 0 radical (unpaired) electrons. The van der Waals surface area contributed by atoms with Crippen LogP contribution in [0.5, 0.6) is 5.75 Å². The van der Waals surface area contributed by atoms with Crippen molar-refractivity contribution in [2.75, 3.05) is 0 Å². The standard InChI is InChI=1S/C17H14N4O/c1-19-14-7-6-11(22)10-15(14)21-9-8-20-13-5-3-2-4-12(13)18-16(20)17(19)21/h2-7,10H,8-9H2,1H3. The quantitative estimate of drug-likeness (QED) is 0.462. The predicted octanol–water partition coefficient (Wildman–Crippen LogP) is 1.57. The van der Waals surface area contributed by atoms with E-state index in [1.807, 2.05) is 31.3 Å². The fraction of sp³-hybridized carbons (Fsp3) is 0.176. The summed E-state index contributed by atoms with van der Waals surface area (Å²) in [4.78, 5) is 4.82. The van der Waals surface area contributed by atoms with Gasteiger partial charge in [-0.15, -0.1) is 5.75 Å². The smallest absolute Gasteiger partial charge is 0.326 e. The topological polar surface area (TPSA) is 49.7 Å². The summed E-state index contributed by atoms with van der Waals surface area (Å²) in [7, 11) is 2.04. The molecule has 0 N–H and O–H groups in total. The van der Waals surface area contributed by atoms with Gasteiger partial charge in [0.2, 0.25) is 5.82 Å². The van der Waals surface area contributed by atoms with Gasteiger partial charge in [0, 0.05) is 0 Å². The van der Waals surface area contributed by atoms with E-state index >= 15 is 0 Å². The van der Waals surface area contributed by atoms with Crippen molar-refractivity contribution in [2.24, 2.45) is 7.05 Å². The fourth-order valence-electron chi connectivity index (χ4n) is 3.58. The lowest BCUT2D eigenvalue weighted by Gasteiger charge is -2.13. The lowest BCUT2D eigenvalue weighted by molar-refractivity contribution is -0.634. The van der Waals surface area contributed by atoms with E-state index in [9.17, 15) is 5.11 Å². The van der Waals surface area contributed by atoms with E-state index < -0.39 is 0 Å². The summed E-state index contributed by atoms with van der Waals surface area (Å²) >= 11 is 0. The molecular weight excluding hydrogens is 276 g/mol. The molecule has 1 aliphatic rings. The van der Waals surface area contributed by atoms with Gasteiger partial charge >= 0.3 is 5.82 Å². The first-order valence-corrected chi connectivity index (χ1v) is 7.39. The van der Waals surface area contributed by atoms with Crippen LogP contribution >= 0.6 is 0 Å². The first kappa shape index (κ1) is 11.8. The summed E-state index contributed by atoms with van der Waals surface area (Å²) in [6.45, 7) is 1.72. The Hall–Kier alpha value is -2.82. The highest BCUT2D eigenvalue weighted by molar-refractivity contribution is 5.82. The van der Waals surface area contributed by atoms with E-state index in [0.717, 1.165) is 41.3 Å². The minimum atomic E-state index is 0.0486. The lowest BCUT2D eigenvalue weighted by Crippen LogP contribution is -2.33. The molecule has 0 unspecified atom stereocenters. The molecule has 3 heterocycles. The zero-order chi connectivity index (χ0) is 14.8. The number of aryl methyl sites for hydroxylation is 3. The van der Waals surface area contributed by atoms with Crippen molar-refractivity contribution in [3.8, 4) is 17.4 Å². The molecule has 0 saturated heterocycles. The number of para-hydroxylation sites is 2. The molecule has 0 spiro atoms. The van der Waals surface area contributed by atoms with Crippen LogP contribution < -0.4 is 9.67 Å². The van der Waals surface area contributed by atoms with Crippen molar-refractivity contribution < 1.29 is 9.67 Å². The lowest BCUT2D eigenvalue weighted by atomic mass is 10.3. The minimum absolute atomic E-state index is 0.0486. The van der Waals surface area contributed by atoms with E-state index in [1.54, 1.807) is 12.1 Å². The highest BCUT2D eigenvalue weighted by Crippen LogP contribution is 2.30. The fourth-order valence-corrected chi connectivity index (χ4v) is 3.58. The first-order valence-electron chi connectivity index (χ1n) is 7.39. The molecule has 108 valence electrons. The minimum Gasteiger partial charge on any atom is -0.872 e. The van der Waals surface area contributed by atoms with E-state index in [1.165, 1.54) is 5.52 Å². The molecule has 5 nitrogen and oxygen atoms in total. The van der Waals surface area contributed by atoms with Crippen molar-refractivity contribution >= 4 is 22.1 Å². The van der Waals surface area contributed by atoms with Crippen LogP contribution in [0, 0.1) is 0 Å². The Balaban J connectivity index is 1.93. The van der Waals surface area contributed by atoms with Gasteiger partial charge in [-0.25, -0.2) is 14.1 Å². The summed E-state index contributed by atoms with van der Waals surface area (Å²) in [6.07, 6.45) is 0. The highest BCUT2D eigenvalue weighted by atomic mass is 16.3. The van der Waals surface area contributed by atoms with Crippen molar-refractivity contribution in [2.45, 2.75) is 13.1 Å². The number of hydrogen-bond acceptors (Lipinski definition) is 2. The average Bonchev–Trinajstić information content (AvgIpc) is 3.03. The second kappa shape index (κ2) is 3.88. The third kappa shape index (κ3) is 1.33. The van der Waals surface area contributed by atoms with Crippen molar-refractivity contribution in [3.63, 3.8) is 0 Å². The zero-order valence-electron chi connectivity index (χ0n) is 12.2. The molecule has 0 atom stereocenters. The Bertz CT molecular complexity index is 1060. The molecule has 2 aromatic heterocycles. The van der Waals surface area contributed by atoms with Crippen molar-refractivity contribution in [1.82, 2.24) is 14.1 Å². The van der Waals surface area contributed by atoms with Crippen LogP contribution in [-0.2, 0) is 20.1 Å². The number of benzene rings is 2. The maximum atomic E-state index is 11.7. The van der Waals surface area contributed by atoms with Crippen LogP contribution in [0.1, 0.15) is 0 Å². The Morgan fingerprint density at radius 2 is 1.86 bits per heavy atom. The average molecular weight is 290 g/mol. The number of aromatic nitrogens is 4. The van der Waals surface area contributed by atoms with Gasteiger partial charge < -0.3 is 9.67 Å². The Labute approximate surface area is 126 Å². The molecule has 4 aromatic rings. The largest absolute Gasteiger partial charge is 0.872 e. The second-order valence-corrected chi connectivity index (χ2v) is 5.76. The van der Waals surface area contributed by atoms with E-state index in [4.69, 9.17) is 4.98 Å². The molecule has 0 amide bonds. The summed E-state index contributed by atoms with van der Waals surface area (Å²) in [5.41, 5.74) is 4.23. The van der Waals surface area contributed by atoms with Crippen LogP contribution in [0.3, 0.4) is 0 Å². The van der Waals surface area contributed by atoms with Crippen LogP contribution in [0.15, 0.2) is 42.5 Å². The van der Waals surface area contributed by atoms with E-state index in [2.05, 4.69) is 19.8 Å². The summed E-state index contributed by atoms with van der Waals surface area (Å²) < 4.78 is 6.60.